The minimum atomic E-state index is -4.66. The number of nitrogens with zero attached hydrogens (tertiary/aromatic N) is 3. The third-order valence-electron chi connectivity index (χ3n) is 2.04. The second-order valence-electron chi connectivity index (χ2n) is 3.35. The van der Waals surface area contributed by atoms with Crippen molar-refractivity contribution in [1.82, 2.24) is 15.2 Å². The van der Waals surface area contributed by atoms with E-state index in [1.165, 1.54) is 18.5 Å². The molecule has 2 heterocycles. The molecule has 0 radical (unpaired) electrons. The van der Waals surface area contributed by atoms with Gasteiger partial charge < -0.3 is 5.11 Å². The van der Waals surface area contributed by atoms with Gasteiger partial charge in [-0.25, -0.2) is 0 Å². The molecule has 2 rings (SSSR count). The first-order chi connectivity index (χ1) is 8.38. The van der Waals surface area contributed by atoms with E-state index < -0.39 is 17.6 Å². The molecule has 0 spiro atoms. The van der Waals surface area contributed by atoms with Crippen molar-refractivity contribution in [3.63, 3.8) is 0 Å². The Balaban J connectivity index is 2.48. The Kier molecular flexibility index (Phi) is 3.08. The highest BCUT2D eigenvalue weighted by Gasteiger charge is 2.34. The summed E-state index contributed by atoms with van der Waals surface area (Å²) in [6.45, 7) is 0. The molecule has 0 amide bonds. The molecule has 0 aliphatic heterocycles. The van der Waals surface area contributed by atoms with Crippen LogP contribution in [0.15, 0.2) is 24.5 Å². The van der Waals surface area contributed by atoms with Gasteiger partial charge in [-0.1, -0.05) is 11.6 Å². The number of hydrogen-bond acceptors (Lipinski definition) is 4. The number of alkyl halides is 3. The Hall–Kier alpha value is -1.89. The van der Waals surface area contributed by atoms with E-state index in [-0.39, 0.29) is 16.3 Å². The van der Waals surface area contributed by atoms with E-state index in [9.17, 15) is 18.3 Å². The fourth-order valence-electron chi connectivity index (χ4n) is 1.27. The molecule has 0 fully saturated rings. The minimum absolute atomic E-state index is 0.113. The predicted molar refractivity (Wildman–Crippen MR) is 56.9 cm³/mol. The van der Waals surface area contributed by atoms with Crippen molar-refractivity contribution in [2.45, 2.75) is 6.18 Å². The van der Waals surface area contributed by atoms with Gasteiger partial charge in [-0.3, -0.25) is 4.98 Å². The van der Waals surface area contributed by atoms with Gasteiger partial charge in [0.1, 0.15) is 11.4 Å². The lowest BCUT2D eigenvalue weighted by Gasteiger charge is -2.07. The molecule has 0 saturated heterocycles. The van der Waals surface area contributed by atoms with Crippen LogP contribution in [0.2, 0.25) is 5.02 Å². The first-order valence-electron chi connectivity index (χ1n) is 4.63. The predicted octanol–water partition coefficient (Wildman–Crippen LogP) is 2.92. The van der Waals surface area contributed by atoms with E-state index in [1.54, 1.807) is 0 Å². The number of pyridine rings is 1. The summed E-state index contributed by atoms with van der Waals surface area (Å²) >= 11 is 5.68. The summed E-state index contributed by atoms with van der Waals surface area (Å²) in [6, 6.07) is 1.91. The average molecular weight is 276 g/mol. The minimum Gasteiger partial charge on any atom is -0.506 e. The Morgan fingerprint density at radius 2 is 1.83 bits per heavy atom. The molecule has 0 aromatic carbocycles. The van der Waals surface area contributed by atoms with E-state index in [4.69, 9.17) is 11.6 Å². The molecule has 1 N–H and O–H groups in total. The number of aromatic hydroxyl groups is 1. The van der Waals surface area contributed by atoms with E-state index in [1.807, 2.05) is 0 Å². The topological polar surface area (TPSA) is 58.9 Å². The highest BCUT2D eigenvalue weighted by molar-refractivity contribution is 6.30. The zero-order valence-corrected chi connectivity index (χ0v) is 9.37. The lowest BCUT2D eigenvalue weighted by atomic mass is 10.2. The zero-order valence-electron chi connectivity index (χ0n) is 8.61. The van der Waals surface area contributed by atoms with Crippen LogP contribution in [0.3, 0.4) is 0 Å². The maximum atomic E-state index is 12.3. The van der Waals surface area contributed by atoms with Crippen molar-refractivity contribution in [2.24, 2.45) is 0 Å². The second-order valence-corrected chi connectivity index (χ2v) is 3.79. The van der Waals surface area contributed by atoms with Crippen LogP contribution in [0, 0.1) is 0 Å². The van der Waals surface area contributed by atoms with Gasteiger partial charge in [-0.05, 0) is 6.07 Å². The van der Waals surface area contributed by atoms with Gasteiger partial charge in [0.25, 0.3) is 0 Å². The molecule has 0 saturated carbocycles. The van der Waals surface area contributed by atoms with Crippen LogP contribution in [0.4, 0.5) is 13.2 Å². The number of aromatic nitrogens is 3. The van der Waals surface area contributed by atoms with Crippen molar-refractivity contribution >= 4 is 11.6 Å². The second kappa shape index (κ2) is 4.41. The van der Waals surface area contributed by atoms with Crippen LogP contribution >= 0.6 is 11.6 Å². The lowest BCUT2D eigenvalue weighted by Crippen LogP contribution is -2.09. The standard InChI is InChI=1S/C10H5ClF3N3O/c11-6-1-5(3-15-4-6)9-7(18)2-8(16-17-9)10(12,13)14/h1-4H,(H,16,18). The first-order valence-corrected chi connectivity index (χ1v) is 5.00. The number of halogens is 4. The number of rotatable bonds is 1. The Morgan fingerprint density at radius 1 is 1.11 bits per heavy atom. The van der Waals surface area contributed by atoms with Gasteiger partial charge in [-0.15, -0.1) is 10.2 Å². The Labute approximate surface area is 104 Å². The zero-order chi connectivity index (χ0) is 13.3. The normalized spacial score (nSPS) is 11.6. The summed E-state index contributed by atoms with van der Waals surface area (Å²) in [5.41, 5.74) is -1.10. The van der Waals surface area contributed by atoms with Crippen LogP contribution in [0.25, 0.3) is 11.3 Å². The summed E-state index contributed by atoms with van der Waals surface area (Å²) in [6.07, 6.45) is -2.00. The van der Waals surface area contributed by atoms with Gasteiger partial charge in [0, 0.05) is 24.0 Å². The molecule has 8 heteroatoms. The van der Waals surface area contributed by atoms with E-state index >= 15 is 0 Å². The summed E-state index contributed by atoms with van der Waals surface area (Å²) in [5.74, 6) is -0.638. The fourth-order valence-corrected chi connectivity index (χ4v) is 1.44. The summed E-state index contributed by atoms with van der Waals surface area (Å²) in [4.78, 5) is 3.74. The van der Waals surface area contributed by atoms with E-state index in [2.05, 4.69) is 15.2 Å². The highest BCUT2D eigenvalue weighted by Crippen LogP contribution is 2.33. The van der Waals surface area contributed by atoms with Crippen LogP contribution in [-0.2, 0) is 6.18 Å². The van der Waals surface area contributed by atoms with Gasteiger partial charge in [-0.2, -0.15) is 13.2 Å². The third-order valence-corrected chi connectivity index (χ3v) is 2.25. The van der Waals surface area contributed by atoms with Crippen LogP contribution < -0.4 is 0 Å². The summed E-state index contributed by atoms with van der Waals surface area (Å²) < 4.78 is 37.0. The van der Waals surface area contributed by atoms with Gasteiger partial charge in [0.15, 0.2) is 5.69 Å². The molecular weight excluding hydrogens is 271 g/mol. The van der Waals surface area contributed by atoms with Gasteiger partial charge in [0.2, 0.25) is 0 Å². The summed E-state index contributed by atoms with van der Waals surface area (Å²) in [7, 11) is 0. The van der Waals surface area contributed by atoms with Crippen molar-refractivity contribution in [1.29, 1.82) is 0 Å². The molecule has 94 valence electrons. The SMILES string of the molecule is Oc1cc(C(F)(F)F)nnc1-c1cncc(Cl)c1. The molecule has 0 aliphatic rings. The maximum Gasteiger partial charge on any atom is 0.435 e. The molecule has 18 heavy (non-hydrogen) atoms. The fraction of sp³-hybridized carbons (Fsp3) is 0.100. The van der Waals surface area contributed by atoms with Crippen molar-refractivity contribution in [2.75, 3.05) is 0 Å². The molecular formula is C10H5ClF3N3O. The van der Waals surface area contributed by atoms with Crippen molar-refractivity contribution in [3.05, 3.63) is 35.2 Å². The lowest BCUT2D eigenvalue weighted by molar-refractivity contribution is -0.141. The first kappa shape index (κ1) is 12.6. The molecule has 0 unspecified atom stereocenters. The third kappa shape index (κ3) is 2.51. The average Bonchev–Trinajstić information content (AvgIpc) is 2.27. The highest BCUT2D eigenvalue weighted by atomic mass is 35.5. The quantitative estimate of drug-likeness (QED) is 0.869. The van der Waals surface area contributed by atoms with Crippen LogP contribution in [0.1, 0.15) is 5.69 Å². The van der Waals surface area contributed by atoms with Gasteiger partial charge in [0.05, 0.1) is 5.02 Å². The molecule has 2 aromatic rings. The van der Waals surface area contributed by atoms with Crippen molar-refractivity contribution < 1.29 is 18.3 Å². The Morgan fingerprint density at radius 3 is 2.39 bits per heavy atom. The molecule has 2 aromatic heterocycles. The molecule has 0 atom stereocenters. The number of hydrogen-bond donors (Lipinski definition) is 1. The van der Waals surface area contributed by atoms with Gasteiger partial charge >= 0.3 is 6.18 Å². The van der Waals surface area contributed by atoms with Crippen molar-refractivity contribution in [3.8, 4) is 17.0 Å². The van der Waals surface area contributed by atoms with Crippen LogP contribution in [0.5, 0.6) is 5.75 Å². The largest absolute Gasteiger partial charge is 0.506 e. The van der Waals surface area contributed by atoms with E-state index in [0.717, 1.165) is 0 Å². The molecule has 0 aliphatic carbocycles. The van der Waals surface area contributed by atoms with Crippen LogP contribution in [-0.4, -0.2) is 20.3 Å². The monoisotopic (exact) mass is 275 g/mol. The maximum absolute atomic E-state index is 12.3. The smallest absolute Gasteiger partial charge is 0.435 e. The van der Waals surface area contributed by atoms with E-state index in [0.29, 0.717) is 6.07 Å². The molecule has 4 nitrogen and oxygen atoms in total. The Bertz CT molecular complexity index is 589. The molecule has 0 bridgehead atoms. The summed E-state index contributed by atoms with van der Waals surface area (Å²) in [5, 5.41) is 16.1.